The summed E-state index contributed by atoms with van der Waals surface area (Å²) >= 11 is 0. The van der Waals surface area contributed by atoms with E-state index in [0.29, 0.717) is 11.7 Å². The van der Waals surface area contributed by atoms with Crippen LogP contribution < -0.4 is 11.3 Å². The van der Waals surface area contributed by atoms with E-state index >= 15 is 0 Å². The average Bonchev–Trinajstić information content (AvgIpc) is 2.34. The number of rotatable bonds is 2. The smallest absolute Gasteiger partial charge is 0.162 e. The number of nitrogen functional groups attached to an aromatic ring is 1. The molecule has 0 aliphatic rings. The van der Waals surface area contributed by atoms with Gasteiger partial charge in [-0.25, -0.2) is 5.84 Å². The molecule has 0 atom stereocenters. The maximum absolute atomic E-state index is 5.13. The third-order valence-corrected chi connectivity index (χ3v) is 1.37. The summed E-state index contributed by atoms with van der Waals surface area (Å²) in [4.78, 5) is 0. The summed E-state index contributed by atoms with van der Waals surface area (Å²) in [5.74, 6) is 6.28. The van der Waals surface area contributed by atoms with Gasteiger partial charge >= 0.3 is 0 Å². The van der Waals surface area contributed by atoms with E-state index < -0.39 is 0 Å². The summed E-state index contributed by atoms with van der Waals surface area (Å²) in [5.41, 5.74) is 3.55. The monoisotopic (exact) mass is 140 g/mol. The second-order valence-electron chi connectivity index (χ2n) is 2.51. The van der Waals surface area contributed by atoms with Crippen molar-refractivity contribution in [1.82, 2.24) is 10.2 Å². The van der Waals surface area contributed by atoms with Crippen LogP contribution in [0, 0.1) is 0 Å². The Labute approximate surface area is 59.8 Å². The van der Waals surface area contributed by atoms with Crippen molar-refractivity contribution in [2.45, 2.75) is 19.8 Å². The topological polar surface area (TPSA) is 66.7 Å². The number of H-pyrrole nitrogens is 1. The van der Waals surface area contributed by atoms with Gasteiger partial charge in [0.15, 0.2) is 5.82 Å². The first kappa shape index (κ1) is 7.08. The fraction of sp³-hybridized carbons (Fsp3) is 0.500. The highest BCUT2D eigenvalue weighted by molar-refractivity contribution is 5.34. The van der Waals surface area contributed by atoms with Gasteiger partial charge in [0.05, 0.1) is 0 Å². The number of hydrogen-bond donors (Lipinski definition) is 3. The lowest BCUT2D eigenvalue weighted by molar-refractivity contribution is 0.810. The summed E-state index contributed by atoms with van der Waals surface area (Å²) in [6.07, 6.45) is 0. The summed E-state index contributed by atoms with van der Waals surface area (Å²) in [6.45, 7) is 4.18. The van der Waals surface area contributed by atoms with Gasteiger partial charge in [0.25, 0.3) is 0 Å². The van der Waals surface area contributed by atoms with Crippen LogP contribution in [0.2, 0.25) is 0 Å². The van der Waals surface area contributed by atoms with Crippen molar-refractivity contribution >= 4 is 5.82 Å². The van der Waals surface area contributed by atoms with E-state index in [1.807, 2.05) is 6.07 Å². The van der Waals surface area contributed by atoms with Gasteiger partial charge in [-0.2, -0.15) is 5.10 Å². The SMILES string of the molecule is CC(C)c1cc(NN)n[nH]1. The van der Waals surface area contributed by atoms with Crippen molar-refractivity contribution in [3.8, 4) is 0 Å². The lowest BCUT2D eigenvalue weighted by Crippen LogP contribution is -2.06. The normalized spacial score (nSPS) is 10.4. The largest absolute Gasteiger partial charge is 0.307 e. The summed E-state index contributed by atoms with van der Waals surface area (Å²) in [5, 5.41) is 6.76. The Balaban J connectivity index is 2.78. The van der Waals surface area contributed by atoms with Gasteiger partial charge < -0.3 is 5.43 Å². The number of nitrogens with two attached hydrogens (primary N) is 1. The predicted molar refractivity (Wildman–Crippen MR) is 40.5 cm³/mol. The van der Waals surface area contributed by atoms with Crippen molar-refractivity contribution in [3.63, 3.8) is 0 Å². The molecular weight excluding hydrogens is 128 g/mol. The second kappa shape index (κ2) is 2.70. The number of nitrogens with one attached hydrogen (secondary N) is 2. The van der Waals surface area contributed by atoms with Crippen LogP contribution in [0.1, 0.15) is 25.5 Å². The molecular formula is C6H12N4. The lowest BCUT2D eigenvalue weighted by atomic mass is 10.1. The molecule has 4 nitrogen and oxygen atoms in total. The van der Waals surface area contributed by atoms with Crippen molar-refractivity contribution in [3.05, 3.63) is 11.8 Å². The van der Waals surface area contributed by atoms with Crippen LogP contribution in [-0.2, 0) is 0 Å². The Kier molecular flexibility index (Phi) is 1.91. The Morgan fingerprint density at radius 3 is 2.70 bits per heavy atom. The fourth-order valence-corrected chi connectivity index (χ4v) is 0.706. The van der Waals surface area contributed by atoms with Gasteiger partial charge in [0, 0.05) is 11.8 Å². The van der Waals surface area contributed by atoms with Crippen LogP contribution in [0.15, 0.2) is 6.07 Å². The van der Waals surface area contributed by atoms with Gasteiger partial charge in [-0.05, 0) is 5.92 Å². The van der Waals surface area contributed by atoms with E-state index in [9.17, 15) is 0 Å². The molecule has 10 heavy (non-hydrogen) atoms. The molecule has 0 aliphatic heterocycles. The molecule has 4 N–H and O–H groups in total. The molecule has 0 saturated carbocycles. The van der Waals surface area contributed by atoms with Crippen LogP contribution in [0.4, 0.5) is 5.82 Å². The zero-order valence-electron chi connectivity index (χ0n) is 6.18. The molecule has 0 aliphatic carbocycles. The van der Waals surface area contributed by atoms with Crippen LogP contribution >= 0.6 is 0 Å². The van der Waals surface area contributed by atoms with Gasteiger partial charge in [-0.3, -0.25) is 5.10 Å². The maximum Gasteiger partial charge on any atom is 0.162 e. The minimum absolute atomic E-state index is 0.467. The third kappa shape index (κ3) is 1.27. The first-order valence-corrected chi connectivity index (χ1v) is 3.26. The van der Waals surface area contributed by atoms with E-state index in [-0.39, 0.29) is 0 Å². The molecule has 0 radical (unpaired) electrons. The zero-order chi connectivity index (χ0) is 7.56. The highest BCUT2D eigenvalue weighted by Crippen LogP contribution is 2.13. The van der Waals surface area contributed by atoms with E-state index in [2.05, 4.69) is 29.5 Å². The molecule has 1 aromatic heterocycles. The van der Waals surface area contributed by atoms with Gasteiger partial charge in [-0.1, -0.05) is 13.8 Å². The molecule has 0 fully saturated rings. The molecule has 0 aromatic carbocycles. The molecule has 56 valence electrons. The van der Waals surface area contributed by atoms with Crippen LogP contribution in [0.5, 0.6) is 0 Å². The van der Waals surface area contributed by atoms with Crippen LogP contribution in [0.3, 0.4) is 0 Å². The third-order valence-electron chi connectivity index (χ3n) is 1.37. The summed E-state index contributed by atoms with van der Waals surface area (Å²) < 4.78 is 0. The Morgan fingerprint density at radius 1 is 1.70 bits per heavy atom. The average molecular weight is 140 g/mol. The molecule has 4 heteroatoms. The molecule has 0 unspecified atom stereocenters. The first-order valence-electron chi connectivity index (χ1n) is 3.26. The Bertz CT molecular complexity index is 203. The van der Waals surface area contributed by atoms with E-state index in [1.54, 1.807) is 0 Å². The zero-order valence-corrected chi connectivity index (χ0v) is 6.18. The molecule has 0 saturated heterocycles. The highest BCUT2D eigenvalue weighted by Gasteiger charge is 2.01. The van der Waals surface area contributed by atoms with E-state index in [4.69, 9.17) is 5.84 Å². The van der Waals surface area contributed by atoms with Crippen molar-refractivity contribution in [2.75, 3.05) is 5.43 Å². The minimum Gasteiger partial charge on any atom is -0.307 e. The Hall–Kier alpha value is -1.03. The summed E-state index contributed by atoms with van der Waals surface area (Å²) in [6, 6.07) is 1.89. The minimum atomic E-state index is 0.467. The van der Waals surface area contributed by atoms with E-state index in [0.717, 1.165) is 5.69 Å². The lowest BCUT2D eigenvalue weighted by Gasteiger charge is -1.96. The number of aromatic amines is 1. The standard InChI is InChI=1S/C6H12N4/c1-4(2)5-3-6(8-7)10-9-5/h3-4H,7H2,1-2H3,(H2,8,9,10). The molecule has 1 aromatic rings. The summed E-state index contributed by atoms with van der Waals surface area (Å²) in [7, 11) is 0. The van der Waals surface area contributed by atoms with Gasteiger partial charge in [-0.15, -0.1) is 0 Å². The number of hydrazine groups is 1. The molecule has 1 heterocycles. The molecule has 0 amide bonds. The van der Waals surface area contributed by atoms with Crippen molar-refractivity contribution < 1.29 is 0 Å². The maximum atomic E-state index is 5.13. The van der Waals surface area contributed by atoms with Gasteiger partial charge in [0.2, 0.25) is 0 Å². The van der Waals surface area contributed by atoms with Crippen LogP contribution in [0.25, 0.3) is 0 Å². The molecule has 1 rings (SSSR count). The van der Waals surface area contributed by atoms with Gasteiger partial charge in [0.1, 0.15) is 0 Å². The van der Waals surface area contributed by atoms with Crippen molar-refractivity contribution in [1.29, 1.82) is 0 Å². The van der Waals surface area contributed by atoms with Crippen LogP contribution in [-0.4, -0.2) is 10.2 Å². The van der Waals surface area contributed by atoms with E-state index in [1.165, 1.54) is 0 Å². The molecule has 0 spiro atoms. The second-order valence-corrected chi connectivity index (χ2v) is 2.51. The fourth-order valence-electron chi connectivity index (χ4n) is 0.706. The quantitative estimate of drug-likeness (QED) is 0.421. The first-order chi connectivity index (χ1) is 4.74. The number of anilines is 1. The number of nitrogens with zero attached hydrogens (tertiary/aromatic N) is 1. The number of hydrogen-bond acceptors (Lipinski definition) is 3. The Morgan fingerprint density at radius 2 is 2.40 bits per heavy atom. The molecule has 0 bridgehead atoms. The predicted octanol–water partition coefficient (Wildman–Crippen LogP) is 0.819. The highest BCUT2D eigenvalue weighted by atomic mass is 15.3. The number of aromatic nitrogens is 2. The van der Waals surface area contributed by atoms with Crippen molar-refractivity contribution in [2.24, 2.45) is 5.84 Å².